The standard InChI is InChI=1S/C11H13ClN2/c1-11(12)5-4-10(14-8-11)9-3-2-6-13-7-9/h2-3,6-7H,4-5,8H2,1H3. The number of aliphatic imine (C=N–C) groups is 1. The molecular formula is C11H13ClN2. The topological polar surface area (TPSA) is 25.2 Å². The molecule has 0 spiro atoms. The molecule has 1 atom stereocenters. The number of pyridine rings is 1. The van der Waals surface area contributed by atoms with E-state index in [1.165, 1.54) is 0 Å². The van der Waals surface area contributed by atoms with Gasteiger partial charge in [-0.2, -0.15) is 0 Å². The summed E-state index contributed by atoms with van der Waals surface area (Å²) < 4.78 is 0. The normalized spacial score (nSPS) is 27.1. The van der Waals surface area contributed by atoms with Crippen molar-refractivity contribution in [3.05, 3.63) is 30.1 Å². The molecule has 2 rings (SSSR count). The van der Waals surface area contributed by atoms with Crippen molar-refractivity contribution in [3.63, 3.8) is 0 Å². The van der Waals surface area contributed by atoms with Crippen molar-refractivity contribution in [3.8, 4) is 0 Å². The summed E-state index contributed by atoms with van der Waals surface area (Å²) in [6.07, 6.45) is 5.57. The van der Waals surface area contributed by atoms with Gasteiger partial charge in [-0.25, -0.2) is 0 Å². The van der Waals surface area contributed by atoms with Gasteiger partial charge < -0.3 is 0 Å². The predicted octanol–water partition coefficient (Wildman–Crippen LogP) is 2.66. The Balaban J connectivity index is 2.19. The molecule has 0 amide bonds. The van der Waals surface area contributed by atoms with Gasteiger partial charge in [0.15, 0.2) is 0 Å². The van der Waals surface area contributed by atoms with Gasteiger partial charge in [-0.1, -0.05) is 6.07 Å². The van der Waals surface area contributed by atoms with E-state index < -0.39 is 0 Å². The van der Waals surface area contributed by atoms with Gasteiger partial charge >= 0.3 is 0 Å². The quantitative estimate of drug-likeness (QED) is 0.652. The smallest absolute Gasteiger partial charge is 0.0617 e. The van der Waals surface area contributed by atoms with Crippen LogP contribution >= 0.6 is 11.6 Å². The summed E-state index contributed by atoms with van der Waals surface area (Å²) in [5.41, 5.74) is 2.26. The highest BCUT2D eigenvalue weighted by Crippen LogP contribution is 2.27. The predicted molar refractivity (Wildman–Crippen MR) is 59.1 cm³/mol. The van der Waals surface area contributed by atoms with Crippen molar-refractivity contribution in [2.24, 2.45) is 4.99 Å². The maximum Gasteiger partial charge on any atom is 0.0617 e. The van der Waals surface area contributed by atoms with Gasteiger partial charge in [0.1, 0.15) is 0 Å². The van der Waals surface area contributed by atoms with Crippen LogP contribution in [0.1, 0.15) is 25.3 Å². The summed E-state index contributed by atoms with van der Waals surface area (Å²) in [5, 5.41) is 0. The van der Waals surface area contributed by atoms with Crippen LogP contribution in [0.2, 0.25) is 0 Å². The second-order valence-corrected chi connectivity index (χ2v) is 4.83. The maximum absolute atomic E-state index is 6.20. The first-order chi connectivity index (χ1) is 6.67. The van der Waals surface area contributed by atoms with Crippen molar-refractivity contribution < 1.29 is 0 Å². The second kappa shape index (κ2) is 3.70. The Bertz CT molecular complexity index is 344. The van der Waals surface area contributed by atoms with Gasteiger partial charge in [0.05, 0.1) is 11.4 Å². The van der Waals surface area contributed by atoms with E-state index in [1.807, 2.05) is 25.3 Å². The number of nitrogens with zero attached hydrogens (tertiary/aromatic N) is 2. The monoisotopic (exact) mass is 208 g/mol. The molecule has 3 heteroatoms. The summed E-state index contributed by atoms with van der Waals surface area (Å²) >= 11 is 6.20. The molecule has 0 aromatic carbocycles. The lowest BCUT2D eigenvalue weighted by Crippen LogP contribution is -2.27. The Morgan fingerprint density at radius 1 is 1.50 bits per heavy atom. The highest BCUT2D eigenvalue weighted by Gasteiger charge is 2.25. The maximum atomic E-state index is 6.20. The van der Waals surface area contributed by atoms with Gasteiger partial charge in [0.25, 0.3) is 0 Å². The van der Waals surface area contributed by atoms with E-state index in [9.17, 15) is 0 Å². The van der Waals surface area contributed by atoms with E-state index in [0.717, 1.165) is 24.1 Å². The van der Waals surface area contributed by atoms with Crippen LogP contribution in [-0.4, -0.2) is 22.1 Å². The zero-order chi connectivity index (χ0) is 10.0. The van der Waals surface area contributed by atoms with Gasteiger partial charge in [0, 0.05) is 23.7 Å². The van der Waals surface area contributed by atoms with Crippen LogP contribution < -0.4 is 0 Å². The number of alkyl halides is 1. The van der Waals surface area contributed by atoms with E-state index in [4.69, 9.17) is 11.6 Å². The van der Waals surface area contributed by atoms with Crippen LogP contribution in [0.5, 0.6) is 0 Å². The minimum Gasteiger partial charge on any atom is -0.287 e. The molecule has 14 heavy (non-hydrogen) atoms. The van der Waals surface area contributed by atoms with Gasteiger partial charge in [0.2, 0.25) is 0 Å². The molecule has 0 saturated carbocycles. The number of hydrogen-bond donors (Lipinski definition) is 0. The molecular weight excluding hydrogens is 196 g/mol. The summed E-state index contributed by atoms with van der Waals surface area (Å²) in [6, 6.07) is 3.98. The van der Waals surface area contributed by atoms with Gasteiger partial charge in [-0.15, -0.1) is 11.6 Å². The van der Waals surface area contributed by atoms with Crippen LogP contribution in [0.25, 0.3) is 0 Å². The molecule has 1 aromatic rings. The molecule has 0 fully saturated rings. The Labute approximate surface area is 89.0 Å². The van der Waals surface area contributed by atoms with Crippen molar-refractivity contribution >= 4 is 17.3 Å². The Morgan fingerprint density at radius 2 is 2.36 bits per heavy atom. The molecule has 0 bridgehead atoms. The lowest BCUT2D eigenvalue weighted by atomic mass is 9.96. The van der Waals surface area contributed by atoms with Crippen LogP contribution in [0, 0.1) is 0 Å². The molecule has 0 N–H and O–H groups in total. The molecule has 1 aliphatic heterocycles. The van der Waals surface area contributed by atoms with E-state index >= 15 is 0 Å². The third-order valence-corrected chi connectivity index (χ3v) is 2.79. The Hall–Kier alpha value is -0.890. The van der Waals surface area contributed by atoms with Gasteiger partial charge in [-0.05, 0) is 25.8 Å². The molecule has 0 radical (unpaired) electrons. The molecule has 1 aliphatic rings. The Morgan fingerprint density at radius 3 is 2.93 bits per heavy atom. The molecule has 1 unspecified atom stereocenters. The molecule has 74 valence electrons. The molecule has 2 heterocycles. The average Bonchev–Trinajstić information content (AvgIpc) is 2.19. The van der Waals surface area contributed by atoms with Crippen LogP contribution in [-0.2, 0) is 0 Å². The number of aromatic nitrogens is 1. The van der Waals surface area contributed by atoms with Gasteiger partial charge in [-0.3, -0.25) is 9.98 Å². The lowest BCUT2D eigenvalue weighted by Gasteiger charge is -2.25. The first-order valence-corrected chi connectivity index (χ1v) is 5.18. The number of halogens is 1. The fourth-order valence-electron chi connectivity index (χ4n) is 1.57. The Kier molecular flexibility index (Phi) is 2.55. The van der Waals surface area contributed by atoms with Crippen molar-refractivity contribution in [1.29, 1.82) is 0 Å². The number of hydrogen-bond acceptors (Lipinski definition) is 2. The summed E-state index contributed by atoms with van der Waals surface area (Å²) in [4.78, 5) is 8.43. The first-order valence-electron chi connectivity index (χ1n) is 4.80. The van der Waals surface area contributed by atoms with E-state index in [0.29, 0.717) is 6.54 Å². The van der Waals surface area contributed by atoms with Crippen molar-refractivity contribution in [1.82, 2.24) is 4.98 Å². The molecule has 0 aliphatic carbocycles. The summed E-state index contributed by atoms with van der Waals surface area (Å²) in [6.45, 7) is 2.75. The minimum atomic E-state index is -0.147. The summed E-state index contributed by atoms with van der Waals surface area (Å²) in [7, 11) is 0. The molecule has 0 saturated heterocycles. The first kappa shape index (κ1) is 9.66. The van der Waals surface area contributed by atoms with Crippen molar-refractivity contribution in [2.75, 3.05) is 6.54 Å². The third kappa shape index (κ3) is 2.13. The van der Waals surface area contributed by atoms with E-state index in [2.05, 4.69) is 9.98 Å². The van der Waals surface area contributed by atoms with E-state index in [1.54, 1.807) is 6.20 Å². The zero-order valence-corrected chi connectivity index (χ0v) is 8.96. The lowest BCUT2D eigenvalue weighted by molar-refractivity contribution is 0.578. The summed E-state index contributed by atoms with van der Waals surface area (Å²) in [5.74, 6) is 0. The highest BCUT2D eigenvalue weighted by molar-refractivity contribution is 6.24. The third-order valence-electron chi connectivity index (χ3n) is 2.48. The molecule has 1 aromatic heterocycles. The highest BCUT2D eigenvalue weighted by atomic mass is 35.5. The second-order valence-electron chi connectivity index (χ2n) is 3.92. The van der Waals surface area contributed by atoms with Crippen LogP contribution in [0.4, 0.5) is 0 Å². The number of rotatable bonds is 1. The molecule has 2 nitrogen and oxygen atoms in total. The SMILES string of the molecule is CC1(Cl)CCC(c2cccnc2)=NC1. The van der Waals surface area contributed by atoms with Crippen molar-refractivity contribution in [2.45, 2.75) is 24.6 Å². The van der Waals surface area contributed by atoms with Crippen LogP contribution in [0.3, 0.4) is 0 Å². The largest absolute Gasteiger partial charge is 0.287 e. The fourth-order valence-corrected chi connectivity index (χ4v) is 1.72. The minimum absolute atomic E-state index is 0.147. The van der Waals surface area contributed by atoms with Crippen LogP contribution in [0.15, 0.2) is 29.5 Å². The zero-order valence-electron chi connectivity index (χ0n) is 8.20. The average molecular weight is 209 g/mol. The fraction of sp³-hybridized carbons (Fsp3) is 0.455. The van der Waals surface area contributed by atoms with E-state index in [-0.39, 0.29) is 4.87 Å².